The number of nitrogens with one attached hydrogen (secondary N) is 1. The Morgan fingerprint density at radius 3 is 2.53 bits per heavy atom. The number of aliphatic carboxylic acids is 1. The topological polar surface area (TPSA) is 78.9 Å². The van der Waals surface area contributed by atoms with Crippen LogP contribution < -0.4 is 5.32 Å². The predicted octanol–water partition coefficient (Wildman–Crippen LogP) is 0.680. The van der Waals surface area contributed by atoms with Crippen LogP contribution in [0.15, 0.2) is 0 Å². The van der Waals surface area contributed by atoms with E-state index in [2.05, 4.69) is 0 Å². The molecule has 2 amide bonds. The zero-order valence-electron chi connectivity index (χ0n) is 10.2. The highest BCUT2D eigenvalue weighted by molar-refractivity contribution is 5.77. The molecule has 1 aliphatic heterocycles. The largest absolute Gasteiger partial charge is 0.481 e. The van der Waals surface area contributed by atoms with Gasteiger partial charge >= 0.3 is 18.2 Å². The summed E-state index contributed by atoms with van der Waals surface area (Å²) in [5.74, 6) is -2.05. The fourth-order valence-electron chi connectivity index (χ4n) is 1.89. The van der Waals surface area contributed by atoms with Crippen molar-refractivity contribution in [1.82, 2.24) is 10.2 Å². The van der Waals surface area contributed by atoms with Crippen molar-refractivity contribution < 1.29 is 32.6 Å². The van der Waals surface area contributed by atoms with Crippen LogP contribution in [-0.4, -0.2) is 60.5 Å². The van der Waals surface area contributed by atoms with Crippen molar-refractivity contribution in [3.05, 3.63) is 0 Å². The summed E-state index contributed by atoms with van der Waals surface area (Å²) in [6, 6.07) is -1.70. The first-order valence-corrected chi connectivity index (χ1v) is 5.68. The number of alkyl halides is 3. The van der Waals surface area contributed by atoms with Crippen molar-refractivity contribution in [2.75, 3.05) is 26.3 Å². The second-order valence-electron chi connectivity index (χ2n) is 4.11. The molecule has 0 saturated carbocycles. The molecular weight excluding hydrogens is 269 g/mol. The first kappa shape index (κ1) is 15.5. The van der Waals surface area contributed by atoms with Gasteiger partial charge in [-0.25, -0.2) is 4.79 Å². The normalized spacial score (nSPS) is 23.2. The van der Waals surface area contributed by atoms with Gasteiger partial charge in [0.15, 0.2) is 0 Å². The van der Waals surface area contributed by atoms with E-state index in [1.54, 1.807) is 12.2 Å². The summed E-state index contributed by atoms with van der Waals surface area (Å²) in [6.45, 7) is 0.160. The van der Waals surface area contributed by atoms with Gasteiger partial charge in [0.25, 0.3) is 0 Å². The summed E-state index contributed by atoms with van der Waals surface area (Å²) in [4.78, 5) is 23.6. The van der Waals surface area contributed by atoms with Gasteiger partial charge in [0.2, 0.25) is 0 Å². The van der Waals surface area contributed by atoms with Gasteiger partial charge in [-0.15, -0.1) is 0 Å². The zero-order valence-corrected chi connectivity index (χ0v) is 10.2. The van der Waals surface area contributed by atoms with Crippen LogP contribution in [0.3, 0.4) is 0 Å². The summed E-state index contributed by atoms with van der Waals surface area (Å²) in [5, 5.41) is 10.7. The molecule has 6 nitrogen and oxygen atoms in total. The van der Waals surface area contributed by atoms with Crippen LogP contribution in [0.2, 0.25) is 0 Å². The second-order valence-corrected chi connectivity index (χ2v) is 4.11. The van der Waals surface area contributed by atoms with Gasteiger partial charge in [0.05, 0.1) is 19.3 Å². The van der Waals surface area contributed by atoms with E-state index in [0.29, 0.717) is 0 Å². The number of rotatable bonds is 4. The number of halogens is 3. The van der Waals surface area contributed by atoms with Crippen LogP contribution in [0.1, 0.15) is 6.92 Å². The molecule has 0 bridgehead atoms. The van der Waals surface area contributed by atoms with Crippen molar-refractivity contribution in [2.24, 2.45) is 5.92 Å². The number of nitrogens with zero attached hydrogens (tertiary/aromatic N) is 1. The van der Waals surface area contributed by atoms with E-state index in [1.807, 2.05) is 0 Å². The Balaban J connectivity index is 2.66. The number of ether oxygens (including phenoxy) is 1. The lowest BCUT2D eigenvalue weighted by atomic mass is 10.0. The third-order valence-electron chi connectivity index (χ3n) is 2.81. The first-order chi connectivity index (χ1) is 8.76. The molecule has 1 rings (SSSR count). The van der Waals surface area contributed by atoms with Crippen LogP contribution in [0.25, 0.3) is 0 Å². The fraction of sp³-hybridized carbons (Fsp3) is 0.800. The fourth-order valence-corrected chi connectivity index (χ4v) is 1.89. The highest BCUT2D eigenvalue weighted by atomic mass is 19.4. The minimum absolute atomic E-state index is 0.00421. The third kappa shape index (κ3) is 4.27. The zero-order chi connectivity index (χ0) is 14.6. The molecule has 0 spiro atoms. The van der Waals surface area contributed by atoms with Crippen LogP contribution in [0.5, 0.6) is 0 Å². The lowest BCUT2D eigenvalue weighted by Gasteiger charge is -2.29. The molecule has 0 aromatic rings. The number of amides is 2. The van der Waals surface area contributed by atoms with E-state index in [9.17, 15) is 22.8 Å². The van der Waals surface area contributed by atoms with Gasteiger partial charge in [-0.05, 0) is 6.92 Å². The maximum atomic E-state index is 12.0. The molecule has 2 N–H and O–H groups in total. The van der Waals surface area contributed by atoms with E-state index >= 15 is 0 Å². The standard InChI is InChI=1S/C10H15F3N2O4/c1-2-15(9(18)14-5-10(11,12)13)7-4-19-3-6(7)8(16)17/h6-7H,2-5H2,1H3,(H,14,18)(H,16,17). The summed E-state index contributed by atoms with van der Waals surface area (Å²) < 4.78 is 41.0. The highest BCUT2D eigenvalue weighted by Crippen LogP contribution is 2.20. The molecule has 1 aliphatic rings. The number of hydrogen-bond donors (Lipinski definition) is 2. The second kappa shape index (κ2) is 6.09. The number of carbonyl (C=O) groups excluding carboxylic acids is 1. The van der Waals surface area contributed by atoms with Crippen molar-refractivity contribution in [2.45, 2.75) is 19.1 Å². The van der Waals surface area contributed by atoms with E-state index in [0.717, 1.165) is 4.90 Å². The van der Waals surface area contributed by atoms with E-state index in [-0.39, 0.29) is 19.8 Å². The van der Waals surface area contributed by atoms with Gasteiger partial charge in [-0.2, -0.15) is 13.2 Å². The Morgan fingerprint density at radius 2 is 2.05 bits per heavy atom. The van der Waals surface area contributed by atoms with Crippen molar-refractivity contribution >= 4 is 12.0 Å². The van der Waals surface area contributed by atoms with E-state index in [1.165, 1.54) is 0 Å². The van der Waals surface area contributed by atoms with E-state index < -0.39 is 36.7 Å². The Labute approximate surface area is 107 Å². The minimum atomic E-state index is -4.51. The number of likely N-dealkylation sites (N-methyl/N-ethyl adjacent to an activating group) is 1. The SMILES string of the molecule is CCN(C(=O)NCC(F)(F)F)C1COCC1C(=O)O. The molecule has 0 aromatic carbocycles. The molecule has 2 atom stereocenters. The summed E-state index contributed by atoms with van der Waals surface area (Å²) >= 11 is 0. The molecule has 1 heterocycles. The van der Waals surface area contributed by atoms with Crippen LogP contribution in [-0.2, 0) is 9.53 Å². The summed E-state index contributed by atoms with van der Waals surface area (Å²) in [7, 11) is 0. The molecule has 1 fully saturated rings. The average Bonchev–Trinajstić information content (AvgIpc) is 2.75. The molecular formula is C10H15F3N2O4. The van der Waals surface area contributed by atoms with Crippen LogP contribution >= 0.6 is 0 Å². The van der Waals surface area contributed by atoms with Gasteiger partial charge in [0.1, 0.15) is 12.5 Å². The van der Waals surface area contributed by atoms with Gasteiger partial charge < -0.3 is 20.1 Å². The molecule has 2 unspecified atom stereocenters. The monoisotopic (exact) mass is 284 g/mol. The smallest absolute Gasteiger partial charge is 0.405 e. The molecule has 9 heteroatoms. The Hall–Kier alpha value is -1.51. The maximum Gasteiger partial charge on any atom is 0.405 e. The first-order valence-electron chi connectivity index (χ1n) is 5.68. The number of hydrogen-bond acceptors (Lipinski definition) is 3. The van der Waals surface area contributed by atoms with Gasteiger partial charge in [0, 0.05) is 6.54 Å². The Kier molecular flexibility index (Phi) is 4.98. The quantitative estimate of drug-likeness (QED) is 0.795. The number of urea groups is 1. The summed E-state index contributed by atoms with van der Waals surface area (Å²) in [5.41, 5.74) is 0. The Bertz CT molecular complexity index is 348. The molecule has 0 aromatic heterocycles. The lowest BCUT2D eigenvalue weighted by molar-refractivity contribution is -0.143. The van der Waals surface area contributed by atoms with Crippen molar-refractivity contribution in [3.8, 4) is 0 Å². The molecule has 1 saturated heterocycles. The average molecular weight is 284 g/mol. The molecule has 110 valence electrons. The summed E-state index contributed by atoms with van der Waals surface area (Å²) in [6.07, 6.45) is -4.51. The Morgan fingerprint density at radius 1 is 1.42 bits per heavy atom. The molecule has 0 radical (unpaired) electrons. The maximum absolute atomic E-state index is 12.0. The minimum Gasteiger partial charge on any atom is -0.481 e. The lowest BCUT2D eigenvalue weighted by Crippen LogP contribution is -2.51. The van der Waals surface area contributed by atoms with Crippen LogP contribution in [0, 0.1) is 5.92 Å². The van der Waals surface area contributed by atoms with Crippen molar-refractivity contribution in [1.29, 1.82) is 0 Å². The van der Waals surface area contributed by atoms with E-state index in [4.69, 9.17) is 9.84 Å². The van der Waals surface area contributed by atoms with Gasteiger partial charge in [-0.3, -0.25) is 4.79 Å². The molecule has 0 aliphatic carbocycles. The van der Waals surface area contributed by atoms with Crippen molar-refractivity contribution in [3.63, 3.8) is 0 Å². The molecule has 19 heavy (non-hydrogen) atoms. The van der Waals surface area contributed by atoms with Gasteiger partial charge in [-0.1, -0.05) is 0 Å². The van der Waals surface area contributed by atoms with Crippen LogP contribution in [0.4, 0.5) is 18.0 Å². The number of carboxylic acid groups (broad SMARTS) is 1. The highest BCUT2D eigenvalue weighted by Gasteiger charge is 2.40. The predicted molar refractivity (Wildman–Crippen MR) is 57.6 cm³/mol. The third-order valence-corrected chi connectivity index (χ3v) is 2.81. The number of carbonyl (C=O) groups is 2. The number of carboxylic acids is 1.